The van der Waals surface area contributed by atoms with E-state index < -0.39 is 23.4 Å². The van der Waals surface area contributed by atoms with E-state index in [2.05, 4.69) is 25.6 Å². The molecule has 168 valence electrons. The average molecular weight is 460 g/mol. The Bertz CT molecular complexity index is 1550. The van der Waals surface area contributed by atoms with Crippen LogP contribution in [0.5, 0.6) is 0 Å². The van der Waals surface area contributed by atoms with Crippen LogP contribution in [-0.4, -0.2) is 30.7 Å². The van der Waals surface area contributed by atoms with Gasteiger partial charge in [0.05, 0.1) is 16.8 Å². The number of hydrogen-bond donors (Lipinski definition) is 1. The fourth-order valence-corrected chi connectivity index (χ4v) is 3.52. The number of pyridine rings is 1. The summed E-state index contributed by atoms with van der Waals surface area (Å²) < 4.78 is 42.5. The number of nitrogens with one attached hydrogen (secondary N) is 1. The number of amides is 1. The number of carbonyl (C=O) groups excluding carboxylic acids is 1. The van der Waals surface area contributed by atoms with Crippen LogP contribution >= 0.6 is 0 Å². The van der Waals surface area contributed by atoms with Crippen molar-refractivity contribution < 1.29 is 18.0 Å². The second-order valence-corrected chi connectivity index (χ2v) is 7.42. The minimum atomic E-state index is -1.05. The van der Waals surface area contributed by atoms with Gasteiger partial charge in [-0.25, -0.2) is 13.2 Å². The van der Waals surface area contributed by atoms with E-state index in [9.17, 15) is 18.0 Å². The zero-order chi connectivity index (χ0) is 23.8. The molecule has 0 saturated carbocycles. The molecule has 0 saturated heterocycles. The SMILES string of the molecule is Cc1ncc(-c2ccnn3c(-c4cccc(F)c4F)nnc23)cc1C(=O)Nc1ccc(F)cc1. The number of aromatic nitrogens is 5. The first-order chi connectivity index (χ1) is 16.4. The van der Waals surface area contributed by atoms with Crippen LogP contribution in [0.1, 0.15) is 16.1 Å². The van der Waals surface area contributed by atoms with Crippen LogP contribution in [0.4, 0.5) is 18.9 Å². The van der Waals surface area contributed by atoms with E-state index in [0.717, 1.165) is 6.07 Å². The lowest BCUT2D eigenvalue weighted by Crippen LogP contribution is -2.14. The summed E-state index contributed by atoms with van der Waals surface area (Å²) in [5, 5.41) is 15.0. The monoisotopic (exact) mass is 460 g/mol. The van der Waals surface area contributed by atoms with E-state index in [4.69, 9.17) is 0 Å². The van der Waals surface area contributed by atoms with Crippen molar-refractivity contribution in [3.05, 3.63) is 95.7 Å². The maximum Gasteiger partial charge on any atom is 0.257 e. The second kappa shape index (κ2) is 8.39. The summed E-state index contributed by atoms with van der Waals surface area (Å²) >= 11 is 0. The van der Waals surface area contributed by atoms with Crippen LogP contribution in [0.2, 0.25) is 0 Å². The van der Waals surface area contributed by atoms with Gasteiger partial charge in [0, 0.05) is 29.2 Å². The molecule has 3 aromatic heterocycles. The third-order valence-electron chi connectivity index (χ3n) is 5.24. The van der Waals surface area contributed by atoms with Gasteiger partial charge in [-0.05, 0) is 55.5 Å². The minimum Gasteiger partial charge on any atom is -0.322 e. The van der Waals surface area contributed by atoms with Gasteiger partial charge in [-0.15, -0.1) is 10.2 Å². The Hall–Kier alpha value is -4.60. The fourth-order valence-electron chi connectivity index (χ4n) is 3.52. The van der Waals surface area contributed by atoms with E-state index in [1.165, 1.54) is 47.1 Å². The standard InChI is InChI=1S/C24H15F3N6O/c1-13-19(24(34)30-16-7-5-15(25)6-8-16)11-14(12-28-13)17-9-10-29-33-22(17)31-32-23(33)18-3-2-4-20(26)21(18)27/h2-12H,1H3,(H,30,34). The number of benzene rings is 2. The molecule has 7 nitrogen and oxygen atoms in total. The third-order valence-corrected chi connectivity index (χ3v) is 5.24. The number of aryl methyl sites for hydroxylation is 1. The van der Waals surface area contributed by atoms with Gasteiger partial charge < -0.3 is 5.32 Å². The molecule has 0 aliphatic carbocycles. The number of hydrogen-bond acceptors (Lipinski definition) is 5. The first-order valence-corrected chi connectivity index (χ1v) is 10.1. The Morgan fingerprint density at radius 3 is 2.56 bits per heavy atom. The Balaban J connectivity index is 1.55. The zero-order valence-electron chi connectivity index (χ0n) is 17.6. The summed E-state index contributed by atoms with van der Waals surface area (Å²) in [5.74, 6) is -2.87. The van der Waals surface area contributed by atoms with Gasteiger partial charge in [0.15, 0.2) is 23.1 Å². The van der Waals surface area contributed by atoms with E-state index in [1.54, 1.807) is 25.3 Å². The highest BCUT2D eigenvalue weighted by Gasteiger charge is 2.19. The van der Waals surface area contributed by atoms with Crippen molar-refractivity contribution in [2.45, 2.75) is 6.92 Å². The number of carbonyl (C=O) groups is 1. The third kappa shape index (κ3) is 3.75. The number of halogens is 3. The molecule has 0 aliphatic rings. The van der Waals surface area contributed by atoms with Gasteiger partial charge in [-0.1, -0.05) is 6.07 Å². The van der Waals surface area contributed by atoms with Crippen molar-refractivity contribution in [1.82, 2.24) is 24.8 Å². The topological polar surface area (TPSA) is 85.1 Å². The van der Waals surface area contributed by atoms with Crippen molar-refractivity contribution in [2.24, 2.45) is 0 Å². The van der Waals surface area contributed by atoms with Gasteiger partial charge in [-0.2, -0.15) is 9.61 Å². The lowest BCUT2D eigenvalue weighted by molar-refractivity contribution is 0.102. The largest absolute Gasteiger partial charge is 0.322 e. The molecule has 0 unspecified atom stereocenters. The quantitative estimate of drug-likeness (QED) is 0.415. The minimum absolute atomic E-state index is 0.0307. The van der Waals surface area contributed by atoms with Gasteiger partial charge >= 0.3 is 0 Å². The predicted octanol–water partition coefficient (Wildman–Crippen LogP) is 4.83. The molecule has 1 amide bonds. The van der Waals surface area contributed by atoms with Gasteiger partial charge in [0.1, 0.15) is 5.82 Å². The van der Waals surface area contributed by atoms with Crippen LogP contribution in [0.3, 0.4) is 0 Å². The Morgan fingerprint density at radius 1 is 0.971 bits per heavy atom. The summed E-state index contributed by atoms with van der Waals surface area (Å²) in [4.78, 5) is 17.2. The molecule has 0 fully saturated rings. The van der Waals surface area contributed by atoms with Crippen molar-refractivity contribution >= 4 is 17.2 Å². The highest BCUT2D eigenvalue weighted by atomic mass is 19.2. The highest BCUT2D eigenvalue weighted by molar-refractivity contribution is 6.05. The average Bonchev–Trinajstić information content (AvgIpc) is 3.27. The summed E-state index contributed by atoms with van der Waals surface area (Å²) in [6.45, 7) is 1.69. The lowest BCUT2D eigenvalue weighted by atomic mass is 10.1. The molecule has 34 heavy (non-hydrogen) atoms. The summed E-state index contributed by atoms with van der Waals surface area (Å²) in [5.41, 5.74) is 2.48. The molecule has 1 N–H and O–H groups in total. The maximum absolute atomic E-state index is 14.3. The maximum atomic E-state index is 14.3. The molecule has 3 heterocycles. The zero-order valence-corrected chi connectivity index (χ0v) is 17.6. The van der Waals surface area contributed by atoms with Crippen LogP contribution < -0.4 is 5.32 Å². The summed E-state index contributed by atoms with van der Waals surface area (Å²) in [7, 11) is 0. The molecule has 2 aromatic carbocycles. The molecule has 0 bridgehead atoms. The molecule has 5 rings (SSSR count). The van der Waals surface area contributed by atoms with Crippen LogP contribution in [-0.2, 0) is 0 Å². The number of fused-ring (bicyclic) bond motifs is 1. The van der Waals surface area contributed by atoms with Gasteiger partial charge in [0.2, 0.25) is 0 Å². The number of rotatable bonds is 4. The van der Waals surface area contributed by atoms with E-state index in [1.807, 2.05) is 0 Å². The highest BCUT2D eigenvalue weighted by Crippen LogP contribution is 2.28. The lowest BCUT2D eigenvalue weighted by Gasteiger charge is -2.10. The molecule has 0 radical (unpaired) electrons. The number of nitrogens with zero attached hydrogens (tertiary/aromatic N) is 5. The normalized spacial score (nSPS) is 11.1. The van der Waals surface area contributed by atoms with Crippen molar-refractivity contribution in [3.8, 4) is 22.5 Å². The molecule has 10 heteroatoms. The Labute approximate surface area is 190 Å². The van der Waals surface area contributed by atoms with E-state index in [-0.39, 0.29) is 17.0 Å². The fraction of sp³-hybridized carbons (Fsp3) is 0.0417. The van der Waals surface area contributed by atoms with E-state index >= 15 is 0 Å². The molecule has 0 spiro atoms. The van der Waals surface area contributed by atoms with Gasteiger partial charge in [0.25, 0.3) is 5.91 Å². The van der Waals surface area contributed by atoms with Crippen LogP contribution in [0.25, 0.3) is 28.2 Å². The summed E-state index contributed by atoms with van der Waals surface area (Å²) in [6.07, 6.45) is 3.03. The van der Waals surface area contributed by atoms with Crippen molar-refractivity contribution in [2.75, 3.05) is 5.32 Å². The Morgan fingerprint density at radius 2 is 1.76 bits per heavy atom. The molecule has 5 aromatic rings. The van der Waals surface area contributed by atoms with Crippen molar-refractivity contribution in [3.63, 3.8) is 0 Å². The van der Waals surface area contributed by atoms with Crippen LogP contribution in [0, 0.1) is 24.4 Å². The van der Waals surface area contributed by atoms with Crippen LogP contribution in [0.15, 0.2) is 67.0 Å². The smallest absolute Gasteiger partial charge is 0.257 e. The first kappa shape index (κ1) is 21.3. The van der Waals surface area contributed by atoms with E-state index in [0.29, 0.717) is 28.1 Å². The second-order valence-electron chi connectivity index (χ2n) is 7.42. The molecule has 0 atom stereocenters. The Kier molecular flexibility index (Phi) is 5.25. The van der Waals surface area contributed by atoms with Crippen molar-refractivity contribution in [1.29, 1.82) is 0 Å². The summed E-state index contributed by atoms with van der Waals surface area (Å²) in [6, 6.07) is 12.5. The first-order valence-electron chi connectivity index (χ1n) is 10.1. The molecule has 0 aliphatic heterocycles. The predicted molar refractivity (Wildman–Crippen MR) is 118 cm³/mol. The molecular formula is C24H15F3N6O. The van der Waals surface area contributed by atoms with Gasteiger partial charge in [-0.3, -0.25) is 9.78 Å². The number of anilines is 1. The molecular weight excluding hydrogens is 445 g/mol.